The van der Waals surface area contributed by atoms with E-state index in [-0.39, 0.29) is 17.7 Å². The van der Waals surface area contributed by atoms with Crippen LogP contribution in [0.2, 0.25) is 0 Å². The zero-order chi connectivity index (χ0) is 16.4. The quantitative estimate of drug-likeness (QED) is 0.922. The van der Waals surface area contributed by atoms with Gasteiger partial charge in [-0.2, -0.15) is 0 Å². The number of hydrogen-bond donors (Lipinski definition) is 1. The van der Waals surface area contributed by atoms with E-state index in [0.717, 1.165) is 19.3 Å². The second-order valence-corrected chi connectivity index (χ2v) is 8.75. The van der Waals surface area contributed by atoms with Crippen LogP contribution in [0.25, 0.3) is 0 Å². The lowest BCUT2D eigenvalue weighted by atomic mass is 9.87. The van der Waals surface area contributed by atoms with Crippen molar-refractivity contribution in [3.8, 4) is 0 Å². The molecule has 0 spiro atoms. The van der Waals surface area contributed by atoms with Crippen LogP contribution in [0.5, 0.6) is 0 Å². The molecule has 6 heteroatoms. The van der Waals surface area contributed by atoms with Gasteiger partial charge < -0.3 is 5.32 Å². The summed E-state index contributed by atoms with van der Waals surface area (Å²) in [5.41, 5.74) is 1.12. The summed E-state index contributed by atoms with van der Waals surface area (Å²) in [7, 11) is -3.22. The van der Waals surface area contributed by atoms with E-state index in [0.29, 0.717) is 30.1 Å². The third kappa shape index (κ3) is 3.68. The van der Waals surface area contributed by atoms with E-state index in [2.05, 4.69) is 12.2 Å². The van der Waals surface area contributed by atoms with Crippen LogP contribution in [0.3, 0.4) is 0 Å². The van der Waals surface area contributed by atoms with Crippen molar-refractivity contribution in [2.24, 2.45) is 5.92 Å². The monoisotopic (exact) mass is 336 g/mol. The molecule has 0 aromatic heterocycles. The molecule has 1 aromatic carbocycles. The van der Waals surface area contributed by atoms with Crippen LogP contribution in [0.1, 0.15) is 49.4 Å². The molecule has 1 aliphatic heterocycles. The van der Waals surface area contributed by atoms with Gasteiger partial charge in [0.1, 0.15) is 0 Å². The fraction of sp³-hybridized carbons (Fsp3) is 0.588. The Morgan fingerprint density at radius 2 is 2.09 bits per heavy atom. The molecular formula is C17H24N2O3S. The van der Waals surface area contributed by atoms with Crippen LogP contribution >= 0.6 is 0 Å². The van der Waals surface area contributed by atoms with Crippen molar-refractivity contribution in [2.45, 2.75) is 45.1 Å². The Balaban J connectivity index is 1.73. The van der Waals surface area contributed by atoms with E-state index in [4.69, 9.17) is 0 Å². The number of rotatable bonds is 3. The molecule has 23 heavy (non-hydrogen) atoms. The molecule has 0 bridgehead atoms. The van der Waals surface area contributed by atoms with Gasteiger partial charge in [0.15, 0.2) is 0 Å². The number of carbonyl (C=O) groups excluding carboxylic acids is 1. The Morgan fingerprint density at radius 3 is 2.78 bits per heavy atom. The smallest absolute Gasteiger partial charge is 0.251 e. The number of nitrogens with zero attached hydrogens (tertiary/aromatic N) is 1. The van der Waals surface area contributed by atoms with E-state index < -0.39 is 10.0 Å². The van der Waals surface area contributed by atoms with Crippen molar-refractivity contribution in [3.63, 3.8) is 0 Å². The van der Waals surface area contributed by atoms with Gasteiger partial charge in [0.2, 0.25) is 10.0 Å². The highest BCUT2D eigenvalue weighted by Crippen LogP contribution is 2.26. The third-order valence-electron chi connectivity index (χ3n) is 4.77. The predicted octanol–water partition coefficient (Wildman–Crippen LogP) is 2.54. The normalized spacial score (nSPS) is 26.9. The van der Waals surface area contributed by atoms with Gasteiger partial charge in [-0.25, -0.2) is 8.42 Å². The van der Waals surface area contributed by atoms with Gasteiger partial charge in [0.05, 0.1) is 11.4 Å². The van der Waals surface area contributed by atoms with Crippen LogP contribution in [0.15, 0.2) is 24.3 Å². The lowest BCUT2D eigenvalue weighted by molar-refractivity contribution is 0.0921. The van der Waals surface area contributed by atoms with Gasteiger partial charge >= 0.3 is 0 Å². The molecule has 2 atom stereocenters. The summed E-state index contributed by atoms with van der Waals surface area (Å²) in [4.78, 5) is 12.5. The van der Waals surface area contributed by atoms with Crippen LogP contribution < -0.4 is 9.62 Å². The molecule has 1 N–H and O–H groups in total. The van der Waals surface area contributed by atoms with Crippen LogP contribution in [0.4, 0.5) is 5.69 Å². The van der Waals surface area contributed by atoms with E-state index in [1.54, 1.807) is 24.3 Å². The van der Waals surface area contributed by atoms with Gasteiger partial charge in [-0.05, 0) is 43.4 Å². The van der Waals surface area contributed by atoms with Gasteiger partial charge in [-0.3, -0.25) is 9.10 Å². The van der Waals surface area contributed by atoms with E-state index in [1.165, 1.54) is 10.7 Å². The molecule has 1 saturated heterocycles. The Kier molecular flexibility index (Phi) is 4.62. The maximum atomic E-state index is 12.5. The number of amides is 1. The van der Waals surface area contributed by atoms with E-state index in [1.807, 2.05) is 0 Å². The summed E-state index contributed by atoms with van der Waals surface area (Å²) in [6.45, 7) is 2.71. The molecule has 1 aliphatic carbocycles. The van der Waals surface area contributed by atoms with Gasteiger partial charge in [0.25, 0.3) is 5.91 Å². The number of carbonyl (C=O) groups is 1. The molecular weight excluding hydrogens is 312 g/mol. The van der Waals surface area contributed by atoms with Crippen molar-refractivity contribution in [1.82, 2.24) is 5.32 Å². The van der Waals surface area contributed by atoms with Crippen LogP contribution in [-0.2, 0) is 10.0 Å². The van der Waals surface area contributed by atoms with Crippen molar-refractivity contribution in [1.29, 1.82) is 0 Å². The van der Waals surface area contributed by atoms with Crippen LogP contribution in [0, 0.1) is 5.92 Å². The number of nitrogens with one attached hydrogen (secondary N) is 1. The maximum Gasteiger partial charge on any atom is 0.251 e. The summed E-state index contributed by atoms with van der Waals surface area (Å²) in [6, 6.07) is 7.16. The number of sulfonamides is 1. The summed E-state index contributed by atoms with van der Waals surface area (Å²) < 4.78 is 25.5. The molecule has 1 heterocycles. The molecule has 1 amide bonds. The molecule has 126 valence electrons. The Morgan fingerprint density at radius 1 is 1.26 bits per heavy atom. The first-order valence-corrected chi connectivity index (χ1v) is 9.98. The minimum absolute atomic E-state index is 0.109. The summed E-state index contributed by atoms with van der Waals surface area (Å²) in [5.74, 6) is 0.723. The highest BCUT2D eigenvalue weighted by molar-refractivity contribution is 7.93. The fourth-order valence-electron chi connectivity index (χ4n) is 3.57. The zero-order valence-corrected chi connectivity index (χ0v) is 14.3. The average molecular weight is 336 g/mol. The average Bonchev–Trinajstić information content (AvgIpc) is 2.87. The fourth-order valence-corrected chi connectivity index (χ4v) is 5.12. The largest absolute Gasteiger partial charge is 0.349 e. The first kappa shape index (κ1) is 16.3. The molecule has 1 saturated carbocycles. The standard InChI is InChI=1S/C17H24N2O3S/c1-13-5-2-7-15(11-13)18-17(20)14-6-3-8-16(12-14)19-9-4-10-23(19,21)22/h3,6,8,12-13,15H,2,4-5,7,9-11H2,1H3,(H,18,20). The zero-order valence-electron chi connectivity index (χ0n) is 13.5. The first-order chi connectivity index (χ1) is 11.0. The lowest BCUT2D eigenvalue weighted by Crippen LogP contribution is -2.38. The third-order valence-corrected chi connectivity index (χ3v) is 6.64. The SMILES string of the molecule is CC1CCCC(NC(=O)c2cccc(N3CCCS3(=O)=O)c2)C1. The highest BCUT2D eigenvalue weighted by atomic mass is 32.2. The van der Waals surface area contributed by atoms with Gasteiger partial charge in [-0.15, -0.1) is 0 Å². The molecule has 5 nitrogen and oxygen atoms in total. The Bertz CT molecular complexity index is 687. The first-order valence-electron chi connectivity index (χ1n) is 8.37. The minimum atomic E-state index is -3.22. The molecule has 0 radical (unpaired) electrons. The molecule has 3 rings (SSSR count). The highest BCUT2D eigenvalue weighted by Gasteiger charge is 2.29. The minimum Gasteiger partial charge on any atom is -0.349 e. The Labute approximate surface area is 138 Å². The topological polar surface area (TPSA) is 66.5 Å². The van der Waals surface area contributed by atoms with Gasteiger partial charge in [-0.1, -0.05) is 25.8 Å². The number of benzene rings is 1. The molecule has 1 aromatic rings. The molecule has 2 unspecified atom stereocenters. The van der Waals surface area contributed by atoms with E-state index >= 15 is 0 Å². The van der Waals surface area contributed by atoms with Gasteiger partial charge in [0, 0.05) is 18.2 Å². The summed E-state index contributed by atoms with van der Waals surface area (Å²) >= 11 is 0. The molecule has 2 fully saturated rings. The van der Waals surface area contributed by atoms with Crippen molar-refractivity contribution in [3.05, 3.63) is 29.8 Å². The molecule has 2 aliphatic rings. The lowest BCUT2D eigenvalue weighted by Gasteiger charge is -2.27. The van der Waals surface area contributed by atoms with Crippen molar-refractivity contribution >= 4 is 21.6 Å². The Hall–Kier alpha value is -1.56. The number of anilines is 1. The summed E-state index contributed by atoms with van der Waals surface area (Å²) in [5, 5.41) is 3.10. The summed E-state index contributed by atoms with van der Waals surface area (Å²) in [6.07, 6.45) is 5.06. The van der Waals surface area contributed by atoms with E-state index in [9.17, 15) is 13.2 Å². The van der Waals surface area contributed by atoms with Crippen molar-refractivity contribution < 1.29 is 13.2 Å². The second-order valence-electron chi connectivity index (χ2n) is 6.73. The van der Waals surface area contributed by atoms with Crippen LogP contribution in [-0.4, -0.2) is 32.7 Å². The second kappa shape index (κ2) is 6.51. The van der Waals surface area contributed by atoms with Crippen molar-refractivity contribution in [2.75, 3.05) is 16.6 Å². The predicted molar refractivity (Wildman–Crippen MR) is 91.1 cm³/mol. The maximum absolute atomic E-state index is 12.5. The number of hydrogen-bond acceptors (Lipinski definition) is 3.